The second-order valence-corrected chi connectivity index (χ2v) is 4.04. The number of rotatable bonds is 1. The molecule has 0 aliphatic rings. The van der Waals surface area contributed by atoms with Gasteiger partial charge in [-0.05, 0) is 18.2 Å². The SMILES string of the molecule is Nc1nccc(-c2c(C(F)(F)F)nc3ccccn23)n1. The van der Waals surface area contributed by atoms with E-state index in [9.17, 15) is 13.2 Å². The molecule has 20 heavy (non-hydrogen) atoms. The van der Waals surface area contributed by atoms with Gasteiger partial charge in [0.1, 0.15) is 11.3 Å². The normalized spacial score (nSPS) is 11.9. The molecule has 102 valence electrons. The van der Waals surface area contributed by atoms with Crippen molar-refractivity contribution in [2.75, 3.05) is 5.73 Å². The Morgan fingerprint density at radius 2 is 1.90 bits per heavy atom. The molecule has 3 rings (SSSR count). The summed E-state index contributed by atoms with van der Waals surface area (Å²) in [7, 11) is 0. The molecule has 5 nitrogen and oxygen atoms in total. The lowest BCUT2D eigenvalue weighted by atomic mass is 10.2. The molecular formula is C12H8F3N5. The topological polar surface area (TPSA) is 69.1 Å². The van der Waals surface area contributed by atoms with Crippen LogP contribution in [0.4, 0.5) is 19.1 Å². The Bertz CT molecular complexity index is 778. The molecule has 0 saturated carbocycles. The van der Waals surface area contributed by atoms with Crippen LogP contribution in [0.5, 0.6) is 0 Å². The average molecular weight is 279 g/mol. The van der Waals surface area contributed by atoms with E-state index in [2.05, 4.69) is 15.0 Å². The van der Waals surface area contributed by atoms with Crippen molar-refractivity contribution in [2.45, 2.75) is 6.18 Å². The quantitative estimate of drug-likeness (QED) is 0.742. The standard InChI is InChI=1S/C12H8F3N5/c13-12(14,15)10-9(7-4-5-17-11(16)18-7)20-6-2-1-3-8(20)19-10/h1-6H,(H2,16,17,18). The molecule has 2 N–H and O–H groups in total. The molecule has 3 aromatic rings. The summed E-state index contributed by atoms with van der Waals surface area (Å²) in [4.78, 5) is 11.1. The van der Waals surface area contributed by atoms with Gasteiger partial charge in [-0.15, -0.1) is 0 Å². The van der Waals surface area contributed by atoms with Crippen molar-refractivity contribution in [3.8, 4) is 11.4 Å². The number of hydrogen-bond acceptors (Lipinski definition) is 4. The van der Waals surface area contributed by atoms with E-state index < -0.39 is 11.9 Å². The second-order valence-electron chi connectivity index (χ2n) is 4.04. The first-order chi connectivity index (χ1) is 9.47. The van der Waals surface area contributed by atoms with Crippen LogP contribution in [-0.2, 0) is 6.18 Å². The van der Waals surface area contributed by atoms with Crippen LogP contribution in [0, 0.1) is 0 Å². The highest BCUT2D eigenvalue weighted by atomic mass is 19.4. The predicted molar refractivity (Wildman–Crippen MR) is 65.6 cm³/mol. The van der Waals surface area contributed by atoms with Gasteiger partial charge in [0, 0.05) is 12.4 Å². The lowest BCUT2D eigenvalue weighted by Gasteiger charge is -2.07. The van der Waals surface area contributed by atoms with Crippen molar-refractivity contribution >= 4 is 11.6 Å². The molecule has 0 atom stereocenters. The van der Waals surface area contributed by atoms with Gasteiger partial charge in [0.25, 0.3) is 0 Å². The number of halogens is 3. The second kappa shape index (κ2) is 4.19. The van der Waals surface area contributed by atoms with E-state index in [-0.39, 0.29) is 23.0 Å². The first-order valence-corrected chi connectivity index (χ1v) is 5.60. The maximum atomic E-state index is 13.1. The van der Waals surface area contributed by atoms with E-state index in [0.717, 1.165) is 0 Å². The lowest BCUT2D eigenvalue weighted by molar-refractivity contribution is -0.140. The van der Waals surface area contributed by atoms with Crippen LogP contribution in [-0.4, -0.2) is 19.4 Å². The third-order valence-electron chi connectivity index (χ3n) is 2.72. The predicted octanol–water partition coefficient (Wildman–Crippen LogP) is 2.39. The first-order valence-electron chi connectivity index (χ1n) is 5.60. The van der Waals surface area contributed by atoms with Crippen LogP contribution in [0.25, 0.3) is 17.0 Å². The highest BCUT2D eigenvalue weighted by molar-refractivity contribution is 5.65. The summed E-state index contributed by atoms with van der Waals surface area (Å²) < 4.78 is 40.7. The van der Waals surface area contributed by atoms with Crippen molar-refractivity contribution in [1.82, 2.24) is 19.4 Å². The molecular weight excluding hydrogens is 271 g/mol. The fraction of sp³-hybridized carbons (Fsp3) is 0.0833. The molecule has 0 fully saturated rings. The van der Waals surface area contributed by atoms with Crippen LogP contribution >= 0.6 is 0 Å². The molecule has 0 aliphatic carbocycles. The molecule has 0 saturated heterocycles. The zero-order chi connectivity index (χ0) is 14.3. The average Bonchev–Trinajstić information content (AvgIpc) is 2.78. The summed E-state index contributed by atoms with van der Waals surface area (Å²) in [5.41, 5.74) is 4.55. The number of pyridine rings is 1. The number of alkyl halides is 3. The van der Waals surface area contributed by atoms with E-state index >= 15 is 0 Å². The minimum absolute atomic E-state index is 0.0727. The Morgan fingerprint density at radius 1 is 1.10 bits per heavy atom. The summed E-state index contributed by atoms with van der Waals surface area (Å²) in [6, 6.07) is 6.08. The third kappa shape index (κ3) is 1.94. The van der Waals surface area contributed by atoms with Gasteiger partial charge < -0.3 is 5.73 Å². The van der Waals surface area contributed by atoms with Crippen LogP contribution in [0.3, 0.4) is 0 Å². The van der Waals surface area contributed by atoms with E-state index in [1.54, 1.807) is 12.1 Å². The Balaban J connectivity index is 2.37. The third-order valence-corrected chi connectivity index (χ3v) is 2.72. The zero-order valence-electron chi connectivity index (χ0n) is 9.96. The van der Waals surface area contributed by atoms with Crippen molar-refractivity contribution in [3.63, 3.8) is 0 Å². The first kappa shape index (κ1) is 12.4. The minimum atomic E-state index is -4.58. The van der Waals surface area contributed by atoms with Crippen LogP contribution in [0.2, 0.25) is 0 Å². The molecule has 0 aromatic carbocycles. The van der Waals surface area contributed by atoms with Crippen molar-refractivity contribution in [3.05, 3.63) is 42.4 Å². The van der Waals surface area contributed by atoms with Crippen molar-refractivity contribution in [2.24, 2.45) is 0 Å². The van der Waals surface area contributed by atoms with Crippen LogP contribution in [0.1, 0.15) is 5.69 Å². The molecule has 0 radical (unpaired) electrons. The monoisotopic (exact) mass is 279 g/mol. The summed E-state index contributed by atoms with van der Waals surface area (Å²) in [5, 5.41) is 0. The van der Waals surface area contributed by atoms with Gasteiger partial charge in [-0.2, -0.15) is 13.2 Å². The Hall–Kier alpha value is -2.64. The van der Waals surface area contributed by atoms with Gasteiger partial charge in [0.15, 0.2) is 5.69 Å². The van der Waals surface area contributed by atoms with Crippen molar-refractivity contribution in [1.29, 1.82) is 0 Å². The maximum absolute atomic E-state index is 13.1. The highest BCUT2D eigenvalue weighted by Gasteiger charge is 2.38. The molecule has 8 heteroatoms. The molecule has 0 unspecified atom stereocenters. The molecule has 0 spiro atoms. The summed E-state index contributed by atoms with van der Waals surface area (Å²) in [6.45, 7) is 0. The Kier molecular flexibility index (Phi) is 2.60. The molecule has 3 aromatic heterocycles. The van der Waals surface area contributed by atoms with E-state index in [4.69, 9.17) is 5.73 Å². The minimum Gasteiger partial charge on any atom is -0.368 e. The number of anilines is 1. The number of nitrogens with zero attached hydrogens (tertiary/aromatic N) is 4. The number of nitrogens with two attached hydrogens (primary N) is 1. The van der Waals surface area contributed by atoms with Gasteiger partial charge in [0.2, 0.25) is 5.95 Å². The molecule has 0 bridgehead atoms. The Labute approximate surface area is 110 Å². The molecule has 3 heterocycles. The van der Waals surface area contributed by atoms with Gasteiger partial charge in [0.05, 0.1) is 5.69 Å². The van der Waals surface area contributed by atoms with Gasteiger partial charge in [-0.3, -0.25) is 4.40 Å². The smallest absolute Gasteiger partial charge is 0.368 e. The summed E-state index contributed by atoms with van der Waals surface area (Å²) >= 11 is 0. The fourth-order valence-electron chi connectivity index (χ4n) is 1.94. The lowest BCUT2D eigenvalue weighted by Crippen LogP contribution is -2.08. The number of nitrogen functional groups attached to an aromatic ring is 1. The van der Waals surface area contributed by atoms with E-state index in [1.807, 2.05) is 0 Å². The molecule has 0 aliphatic heterocycles. The van der Waals surface area contributed by atoms with Gasteiger partial charge in [-0.25, -0.2) is 15.0 Å². The van der Waals surface area contributed by atoms with E-state index in [0.29, 0.717) is 0 Å². The van der Waals surface area contributed by atoms with Crippen molar-refractivity contribution < 1.29 is 13.2 Å². The summed E-state index contributed by atoms with van der Waals surface area (Å²) in [5.74, 6) is -0.0958. The van der Waals surface area contributed by atoms with Crippen LogP contribution < -0.4 is 5.73 Å². The fourth-order valence-corrected chi connectivity index (χ4v) is 1.94. The number of imidazole rings is 1. The largest absolute Gasteiger partial charge is 0.435 e. The van der Waals surface area contributed by atoms with Crippen LogP contribution in [0.15, 0.2) is 36.7 Å². The maximum Gasteiger partial charge on any atom is 0.435 e. The van der Waals surface area contributed by atoms with Gasteiger partial charge in [-0.1, -0.05) is 6.07 Å². The zero-order valence-corrected chi connectivity index (χ0v) is 9.96. The van der Waals surface area contributed by atoms with E-state index in [1.165, 1.54) is 28.9 Å². The Morgan fingerprint density at radius 3 is 2.60 bits per heavy atom. The number of fused-ring (bicyclic) bond motifs is 1. The highest BCUT2D eigenvalue weighted by Crippen LogP contribution is 2.36. The molecule has 0 amide bonds. The summed E-state index contributed by atoms with van der Waals surface area (Å²) in [6.07, 6.45) is -1.79. The number of hydrogen-bond donors (Lipinski definition) is 1. The number of aromatic nitrogens is 4. The van der Waals surface area contributed by atoms with Gasteiger partial charge >= 0.3 is 6.18 Å².